The van der Waals surface area contributed by atoms with E-state index in [1.165, 1.54) is 31.6 Å². The Kier molecular flexibility index (Phi) is 6.39. The molecule has 0 fully saturated rings. The smallest absolute Gasteiger partial charge is 0.293 e. The number of rotatable bonds is 6. The molecule has 8 nitrogen and oxygen atoms in total. The Morgan fingerprint density at radius 3 is 2.53 bits per heavy atom. The zero-order chi connectivity index (χ0) is 21.8. The van der Waals surface area contributed by atoms with Gasteiger partial charge in [0, 0.05) is 35.7 Å². The van der Waals surface area contributed by atoms with Crippen LogP contribution in [0.3, 0.4) is 0 Å². The van der Waals surface area contributed by atoms with Gasteiger partial charge in [0.15, 0.2) is 0 Å². The predicted octanol–water partition coefficient (Wildman–Crippen LogP) is 5.63. The second-order valence-electron chi connectivity index (χ2n) is 6.16. The third-order valence-corrected chi connectivity index (χ3v) is 4.99. The summed E-state index contributed by atoms with van der Waals surface area (Å²) in [7, 11) is 1.43. The molecule has 1 heterocycles. The zero-order valence-corrected chi connectivity index (χ0v) is 17.4. The quantitative estimate of drug-likeness (QED) is 0.372. The summed E-state index contributed by atoms with van der Waals surface area (Å²) in [6, 6.07) is 6.10. The van der Waals surface area contributed by atoms with Crippen LogP contribution in [0.15, 0.2) is 36.7 Å². The number of para-hydroxylation sites is 1. The molecule has 3 rings (SSSR count). The third-order valence-electron chi connectivity index (χ3n) is 4.20. The van der Waals surface area contributed by atoms with E-state index >= 15 is 0 Å². The lowest BCUT2D eigenvalue weighted by Gasteiger charge is -2.10. The van der Waals surface area contributed by atoms with Gasteiger partial charge in [-0.1, -0.05) is 47.5 Å². The Labute approximate surface area is 181 Å². The van der Waals surface area contributed by atoms with E-state index in [1.54, 1.807) is 31.2 Å². The van der Waals surface area contributed by atoms with Gasteiger partial charge in [-0.15, -0.1) is 0 Å². The first kappa shape index (κ1) is 21.4. The fourth-order valence-corrected chi connectivity index (χ4v) is 3.21. The number of hydrogen-bond donors (Lipinski definition) is 2. The monoisotopic (exact) mass is 446 g/mol. The number of aromatic nitrogens is 2. The maximum Gasteiger partial charge on any atom is 0.293 e. The molecule has 3 aromatic rings. The Morgan fingerprint density at radius 1 is 1.20 bits per heavy atom. The maximum atomic E-state index is 11.2. The van der Waals surface area contributed by atoms with Crippen molar-refractivity contribution in [2.75, 3.05) is 12.4 Å². The molecular weight excluding hydrogens is 431 g/mol. The highest BCUT2D eigenvalue weighted by Gasteiger charge is 2.16. The van der Waals surface area contributed by atoms with Crippen LogP contribution in [0.25, 0.3) is 12.2 Å². The molecule has 30 heavy (non-hydrogen) atoms. The van der Waals surface area contributed by atoms with Crippen LogP contribution in [0, 0.1) is 17.0 Å². The van der Waals surface area contributed by atoms with Gasteiger partial charge in [0.2, 0.25) is 5.95 Å². The standard InChI is InChI=1S/C20H16Cl2N4O4/c1-11-4-3-5-14(26(28)29)19(11)25-20-23-9-12(10-24-20)6-7-13-17(21)15(27)8-16(30-2)18(13)22/h3-10,27H,1-2H3,(H,23,24,25)/b7-6+. The van der Waals surface area contributed by atoms with Crippen molar-refractivity contribution in [3.05, 3.63) is 73.5 Å². The van der Waals surface area contributed by atoms with Gasteiger partial charge in [-0.2, -0.15) is 0 Å². The Balaban J connectivity index is 1.85. The van der Waals surface area contributed by atoms with Crippen LogP contribution in [-0.2, 0) is 0 Å². The van der Waals surface area contributed by atoms with Crippen LogP contribution in [0.4, 0.5) is 17.3 Å². The van der Waals surface area contributed by atoms with Crippen molar-refractivity contribution in [2.45, 2.75) is 6.92 Å². The Bertz CT molecular complexity index is 1130. The lowest BCUT2D eigenvalue weighted by atomic mass is 10.1. The minimum absolute atomic E-state index is 0.0651. The van der Waals surface area contributed by atoms with Crippen LogP contribution in [0.1, 0.15) is 16.7 Å². The molecule has 2 aromatic carbocycles. The van der Waals surface area contributed by atoms with Crippen LogP contribution in [-0.4, -0.2) is 27.1 Å². The number of benzene rings is 2. The minimum atomic E-state index is -0.469. The van der Waals surface area contributed by atoms with Crippen molar-refractivity contribution in [1.29, 1.82) is 0 Å². The molecule has 0 amide bonds. The first-order chi connectivity index (χ1) is 14.3. The first-order valence-corrected chi connectivity index (χ1v) is 9.33. The van der Waals surface area contributed by atoms with Gasteiger partial charge >= 0.3 is 0 Å². The molecule has 0 bridgehead atoms. The fourth-order valence-electron chi connectivity index (χ4n) is 2.66. The molecule has 0 aliphatic heterocycles. The number of hydrogen-bond acceptors (Lipinski definition) is 7. The molecule has 10 heteroatoms. The lowest BCUT2D eigenvalue weighted by molar-refractivity contribution is -0.384. The summed E-state index contributed by atoms with van der Waals surface area (Å²) in [4.78, 5) is 19.1. The van der Waals surface area contributed by atoms with Crippen LogP contribution in [0.2, 0.25) is 10.0 Å². The van der Waals surface area contributed by atoms with E-state index in [4.69, 9.17) is 27.9 Å². The number of nitro benzene ring substituents is 1. The summed E-state index contributed by atoms with van der Waals surface area (Å²) in [5.41, 5.74) is 1.96. The van der Waals surface area contributed by atoms with Crippen molar-refractivity contribution in [3.63, 3.8) is 0 Å². The second kappa shape index (κ2) is 8.98. The molecule has 1 aromatic heterocycles. The second-order valence-corrected chi connectivity index (χ2v) is 6.92. The molecule has 0 saturated heterocycles. The summed E-state index contributed by atoms with van der Waals surface area (Å²) >= 11 is 12.4. The summed E-state index contributed by atoms with van der Waals surface area (Å²) in [6.45, 7) is 1.75. The molecule has 0 unspecified atom stereocenters. The molecule has 2 N–H and O–H groups in total. The van der Waals surface area contributed by atoms with Crippen molar-refractivity contribution in [1.82, 2.24) is 9.97 Å². The highest BCUT2D eigenvalue weighted by atomic mass is 35.5. The topological polar surface area (TPSA) is 110 Å². The number of phenolic OH excluding ortho intramolecular Hbond substituents is 1. The number of anilines is 2. The molecule has 0 aliphatic carbocycles. The number of nitro groups is 1. The molecule has 0 saturated carbocycles. The fraction of sp³-hybridized carbons (Fsp3) is 0.100. The van der Waals surface area contributed by atoms with E-state index in [2.05, 4.69) is 15.3 Å². The van der Waals surface area contributed by atoms with Crippen LogP contribution in [0.5, 0.6) is 11.5 Å². The number of aryl methyl sites for hydroxylation is 1. The Morgan fingerprint density at radius 2 is 1.90 bits per heavy atom. The van der Waals surface area contributed by atoms with Gasteiger partial charge in [-0.3, -0.25) is 10.1 Å². The van der Waals surface area contributed by atoms with Crippen molar-refractivity contribution in [3.8, 4) is 11.5 Å². The summed E-state index contributed by atoms with van der Waals surface area (Å²) in [6.07, 6.45) is 6.31. The summed E-state index contributed by atoms with van der Waals surface area (Å²) in [5, 5.41) is 24.4. The van der Waals surface area contributed by atoms with Crippen LogP contribution < -0.4 is 10.1 Å². The van der Waals surface area contributed by atoms with Crippen molar-refractivity contribution in [2.24, 2.45) is 0 Å². The molecule has 154 valence electrons. The number of aromatic hydroxyl groups is 1. The summed E-state index contributed by atoms with van der Waals surface area (Å²) < 4.78 is 5.12. The summed E-state index contributed by atoms with van der Waals surface area (Å²) in [5.74, 6) is 0.335. The van der Waals surface area contributed by atoms with Crippen LogP contribution >= 0.6 is 23.2 Å². The van der Waals surface area contributed by atoms with E-state index in [0.717, 1.165) is 0 Å². The number of phenols is 1. The lowest BCUT2D eigenvalue weighted by Crippen LogP contribution is -2.02. The van der Waals surface area contributed by atoms with Gasteiger partial charge < -0.3 is 15.2 Å². The number of ether oxygens (including phenoxy) is 1. The average Bonchev–Trinajstić information content (AvgIpc) is 2.73. The average molecular weight is 447 g/mol. The first-order valence-electron chi connectivity index (χ1n) is 8.58. The number of nitrogens with zero attached hydrogens (tertiary/aromatic N) is 3. The van der Waals surface area contributed by atoms with E-state index < -0.39 is 4.92 Å². The zero-order valence-electron chi connectivity index (χ0n) is 15.9. The molecule has 0 spiro atoms. The van der Waals surface area contributed by atoms with Gasteiger partial charge in [0.25, 0.3) is 5.69 Å². The highest BCUT2D eigenvalue weighted by molar-refractivity contribution is 6.39. The third kappa shape index (κ3) is 4.45. The van der Waals surface area contributed by atoms with E-state index in [-0.39, 0.29) is 33.2 Å². The molecular formula is C20H16Cl2N4O4. The Hall–Kier alpha value is -3.36. The maximum absolute atomic E-state index is 11.2. The highest BCUT2D eigenvalue weighted by Crippen LogP contribution is 2.40. The molecule has 0 atom stereocenters. The number of nitrogens with one attached hydrogen (secondary N) is 1. The van der Waals surface area contributed by atoms with E-state index in [1.807, 2.05) is 0 Å². The predicted molar refractivity (Wildman–Crippen MR) is 117 cm³/mol. The van der Waals surface area contributed by atoms with E-state index in [0.29, 0.717) is 22.4 Å². The van der Waals surface area contributed by atoms with Gasteiger partial charge in [-0.05, 0) is 12.5 Å². The van der Waals surface area contributed by atoms with Gasteiger partial charge in [-0.25, -0.2) is 9.97 Å². The molecule has 0 aliphatic rings. The minimum Gasteiger partial charge on any atom is -0.506 e. The van der Waals surface area contributed by atoms with Crippen molar-refractivity contribution < 1.29 is 14.8 Å². The van der Waals surface area contributed by atoms with Gasteiger partial charge in [0.1, 0.15) is 17.2 Å². The van der Waals surface area contributed by atoms with E-state index in [9.17, 15) is 15.2 Å². The van der Waals surface area contributed by atoms with Gasteiger partial charge in [0.05, 0.1) is 22.1 Å². The van der Waals surface area contributed by atoms with Crippen molar-refractivity contribution >= 4 is 52.7 Å². The largest absolute Gasteiger partial charge is 0.506 e. The number of halogens is 2. The number of methoxy groups -OCH3 is 1. The SMILES string of the molecule is COc1cc(O)c(Cl)c(/C=C/c2cnc(Nc3c(C)cccc3[N+](=O)[O-])nc2)c1Cl. The molecule has 0 radical (unpaired) electrons. The normalized spacial score (nSPS) is 10.9.